The van der Waals surface area contributed by atoms with Gasteiger partial charge in [0.2, 0.25) is 0 Å². The van der Waals surface area contributed by atoms with Gasteiger partial charge in [-0.25, -0.2) is 9.97 Å². The van der Waals surface area contributed by atoms with Crippen molar-refractivity contribution in [2.45, 2.75) is 27.7 Å². The quantitative estimate of drug-likeness (QED) is 0.721. The van der Waals surface area contributed by atoms with Gasteiger partial charge in [0.05, 0.1) is 5.69 Å². The molecular weight excluding hydrogens is 196 g/mol. The summed E-state index contributed by atoms with van der Waals surface area (Å²) in [6.07, 6.45) is 1.61. The Morgan fingerprint density at radius 3 is 2.25 bits per heavy atom. The molecule has 0 bridgehead atoms. The fourth-order valence-corrected chi connectivity index (χ4v) is 1.46. The van der Waals surface area contributed by atoms with Gasteiger partial charge in [-0.2, -0.15) is 0 Å². The van der Waals surface area contributed by atoms with Crippen LogP contribution in [0.15, 0.2) is 36.7 Å². The summed E-state index contributed by atoms with van der Waals surface area (Å²) in [4.78, 5) is 8.34. The summed E-state index contributed by atoms with van der Waals surface area (Å²) in [5, 5.41) is 0. The van der Waals surface area contributed by atoms with E-state index >= 15 is 0 Å². The normalized spacial score (nSPS) is 9.25. The zero-order chi connectivity index (χ0) is 12.0. The Hall–Kier alpha value is -1.70. The number of hydrogen-bond donors (Lipinski definition) is 0. The van der Waals surface area contributed by atoms with Gasteiger partial charge in [0.25, 0.3) is 0 Å². The zero-order valence-corrected chi connectivity index (χ0v) is 10.4. The molecule has 0 aliphatic carbocycles. The van der Waals surface area contributed by atoms with Crippen molar-refractivity contribution in [1.82, 2.24) is 9.97 Å². The van der Waals surface area contributed by atoms with Crippen molar-refractivity contribution < 1.29 is 0 Å². The molecule has 2 rings (SSSR count). The topological polar surface area (TPSA) is 25.8 Å². The van der Waals surface area contributed by atoms with Crippen molar-refractivity contribution in [2.24, 2.45) is 0 Å². The van der Waals surface area contributed by atoms with Gasteiger partial charge in [0.1, 0.15) is 6.33 Å². The minimum Gasteiger partial charge on any atom is -0.242 e. The predicted molar refractivity (Wildman–Crippen MR) is 68.3 cm³/mol. The average Bonchev–Trinajstić information content (AvgIpc) is 2.32. The van der Waals surface area contributed by atoms with E-state index in [0.717, 1.165) is 11.4 Å². The molecule has 1 heterocycles. The standard InChI is InChI=1S/C12H12N2.C2H6/c1-9-5-3-4-6-11(9)12-7-10(2)13-8-14-12;1-2/h3-8H,1-2H3;1-2H3. The molecule has 0 spiro atoms. The Balaban J connectivity index is 0.000000606. The highest BCUT2D eigenvalue weighted by molar-refractivity contribution is 5.63. The summed E-state index contributed by atoms with van der Waals surface area (Å²) >= 11 is 0. The fourth-order valence-electron chi connectivity index (χ4n) is 1.46. The van der Waals surface area contributed by atoms with Gasteiger partial charge in [0.15, 0.2) is 0 Å². The molecule has 2 aromatic rings. The molecule has 1 aromatic carbocycles. The minimum atomic E-state index is 0.996. The van der Waals surface area contributed by atoms with E-state index in [0.29, 0.717) is 0 Å². The number of aryl methyl sites for hydroxylation is 2. The van der Waals surface area contributed by atoms with Crippen molar-refractivity contribution in [2.75, 3.05) is 0 Å². The second kappa shape index (κ2) is 6.01. The number of benzene rings is 1. The monoisotopic (exact) mass is 214 g/mol. The molecule has 0 aliphatic heterocycles. The average molecular weight is 214 g/mol. The maximum absolute atomic E-state index is 4.26. The van der Waals surface area contributed by atoms with E-state index in [1.165, 1.54) is 11.1 Å². The van der Waals surface area contributed by atoms with E-state index in [9.17, 15) is 0 Å². The van der Waals surface area contributed by atoms with Crippen LogP contribution in [0, 0.1) is 13.8 Å². The van der Waals surface area contributed by atoms with Gasteiger partial charge in [-0.05, 0) is 25.5 Å². The van der Waals surface area contributed by atoms with Crippen molar-refractivity contribution >= 4 is 0 Å². The van der Waals surface area contributed by atoms with Crippen LogP contribution in [0.4, 0.5) is 0 Å². The van der Waals surface area contributed by atoms with Crippen LogP contribution in [0.3, 0.4) is 0 Å². The molecule has 84 valence electrons. The number of rotatable bonds is 1. The summed E-state index contributed by atoms with van der Waals surface area (Å²) in [6.45, 7) is 8.07. The van der Waals surface area contributed by atoms with Gasteiger partial charge >= 0.3 is 0 Å². The highest BCUT2D eigenvalue weighted by Crippen LogP contribution is 2.20. The first-order valence-electron chi connectivity index (χ1n) is 5.62. The minimum absolute atomic E-state index is 0.996. The van der Waals surface area contributed by atoms with Crippen LogP contribution in [-0.4, -0.2) is 9.97 Å². The third-order valence-electron chi connectivity index (χ3n) is 2.22. The van der Waals surface area contributed by atoms with Crippen molar-refractivity contribution in [3.05, 3.63) is 47.9 Å². The van der Waals surface area contributed by atoms with E-state index in [1.54, 1.807) is 6.33 Å². The zero-order valence-electron chi connectivity index (χ0n) is 10.4. The van der Waals surface area contributed by atoms with E-state index in [1.807, 2.05) is 39.0 Å². The van der Waals surface area contributed by atoms with Crippen molar-refractivity contribution in [1.29, 1.82) is 0 Å². The molecular formula is C14H18N2. The predicted octanol–water partition coefficient (Wildman–Crippen LogP) is 3.79. The first-order valence-corrected chi connectivity index (χ1v) is 5.62. The summed E-state index contributed by atoms with van der Waals surface area (Å²) in [7, 11) is 0. The van der Waals surface area contributed by atoms with E-state index < -0.39 is 0 Å². The Morgan fingerprint density at radius 1 is 0.938 bits per heavy atom. The van der Waals surface area contributed by atoms with E-state index in [4.69, 9.17) is 0 Å². The molecule has 0 atom stereocenters. The summed E-state index contributed by atoms with van der Waals surface area (Å²) in [6, 6.07) is 10.2. The molecule has 0 saturated heterocycles. The Morgan fingerprint density at radius 2 is 1.62 bits per heavy atom. The molecule has 0 radical (unpaired) electrons. The maximum atomic E-state index is 4.26. The number of nitrogens with zero attached hydrogens (tertiary/aromatic N) is 2. The van der Waals surface area contributed by atoms with E-state index in [2.05, 4.69) is 29.0 Å². The molecule has 0 fully saturated rings. The summed E-state index contributed by atoms with van der Waals surface area (Å²) in [5.74, 6) is 0. The summed E-state index contributed by atoms with van der Waals surface area (Å²) in [5.41, 5.74) is 4.41. The molecule has 0 saturated carbocycles. The number of hydrogen-bond acceptors (Lipinski definition) is 2. The van der Waals surface area contributed by atoms with Crippen molar-refractivity contribution in [3.8, 4) is 11.3 Å². The summed E-state index contributed by atoms with van der Waals surface area (Å²) < 4.78 is 0. The smallest absolute Gasteiger partial charge is 0.116 e. The van der Waals surface area contributed by atoms with Gasteiger partial charge in [-0.3, -0.25) is 0 Å². The van der Waals surface area contributed by atoms with Gasteiger partial charge in [0, 0.05) is 11.3 Å². The van der Waals surface area contributed by atoms with Gasteiger partial charge < -0.3 is 0 Å². The molecule has 2 heteroatoms. The van der Waals surface area contributed by atoms with Crippen LogP contribution < -0.4 is 0 Å². The lowest BCUT2D eigenvalue weighted by Crippen LogP contribution is -1.89. The Kier molecular flexibility index (Phi) is 4.65. The third kappa shape index (κ3) is 2.89. The Bertz CT molecular complexity index is 450. The lowest BCUT2D eigenvalue weighted by molar-refractivity contribution is 1.10. The largest absolute Gasteiger partial charge is 0.242 e. The lowest BCUT2D eigenvalue weighted by atomic mass is 10.1. The van der Waals surface area contributed by atoms with Crippen LogP contribution in [0.1, 0.15) is 25.1 Å². The lowest BCUT2D eigenvalue weighted by Gasteiger charge is -2.04. The third-order valence-corrected chi connectivity index (χ3v) is 2.22. The van der Waals surface area contributed by atoms with Crippen molar-refractivity contribution in [3.63, 3.8) is 0 Å². The first kappa shape index (κ1) is 12.4. The second-order valence-electron chi connectivity index (χ2n) is 3.36. The van der Waals surface area contributed by atoms with E-state index in [-0.39, 0.29) is 0 Å². The molecule has 0 N–H and O–H groups in total. The molecule has 0 unspecified atom stereocenters. The van der Waals surface area contributed by atoms with Crippen LogP contribution in [0.5, 0.6) is 0 Å². The van der Waals surface area contributed by atoms with Crippen LogP contribution in [0.25, 0.3) is 11.3 Å². The maximum Gasteiger partial charge on any atom is 0.116 e. The molecule has 2 nitrogen and oxygen atoms in total. The number of aromatic nitrogens is 2. The first-order chi connectivity index (χ1) is 7.77. The Labute approximate surface area is 97.4 Å². The van der Waals surface area contributed by atoms with Gasteiger partial charge in [-0.1, -0.05) is 38.1 Å². The molecule has 1 aromatic heterocycles. The molecule has 0 amide bonds. The van der Waals surface area contributed by atoms with Gasteiger partial charge in [-0.15, -0.1) is 0 Å². The highest BCUT2D eigenvalue weighted by atomic mass is 14.8. The van der Waals surface area contributed by atoms with Crippen LogP contribution in [0.2, 0.25) is 0 Å². The van der Waals surface area contributed by atoms with Crippen LogP contribution >= 0.6 is 0 Å². The second-order valence-corrected chi connectivity index (χ2v) is 3.36. The van der Waals surface area contributed by atoms with Crippen LogP contribution in [-0.2, 0) is 0 Å². The highest BCUT2D eigenvalue weighted by Gasteiger charge is 2.01. The molecule has 16 heavy (non-hydrogen) atoms. The molecule has 0 aliphatic rings. The fraction of sp³-hybridized carbons (Fsp3) is 0.286. The SMILES string of the molecule is CC.Cc1cc(-c2ccccc2C)ncn1.